The fourth-order valence-electron chi connectivity index (χ4n) is 3.74. The highest BCUT2D eigenvalue weighted by Gasteiger charge is 2.47. The lowest BCUT2D eigenvalue weighted by atomic mass is 9.86. The second kappa shape index (κ2) is 5.30. The molecule has 2 unspecified atom stereocenters. The molecule has 0 radical (unpaired) electrons. The van der Waals surface area contributed by atoms with Crippen LogP contribution in [0.25, 0.3) is 0 Å². The van der Waals surface area contributed by atoms with Gasteiger partial charge in [-0.25, -0.2) is 0 Å². The topological polar surface area (TPSA) is 51.2 Å². The van der Waals surface area contributed by atoms with Crippen LogP contribution in [0, 0.1) is 0 Å². The number of rotatable bonds is 1. The van der Waals surface area contributed by atoms with Crippen molar-refractivity contribution >= 4 is 0 Å². The second-order valence-electron chi connectivity index (χ2n) is 6.20. The van der Waals surface area contributed by atoms with E-state index in [4.69, 9.17) is 14.2 Å². The third-order valence-electron chi connectivity index (χ3n) is 4.52. The maximum absolute atomic E-state index is 10.3. The summed E-state index contributed by atoms with van der Waals surface area (Å²) in [5.74, 6) is -0.436. The lowest BCUT2D eigenvalue weighted by Crippen LogP contribution is -2.58. The van der Waals surface area contributed by atoms with E-state index in [1.165, 1.54) is 0 Å². The number of hydrogen-bond acceptors (Lipinski definition) is 5. The van der Waals surface area contributed by atoms with E-state index in [-0.39, 0.29) is 24.4 Å². The van der Waals surface area contributed by atoms with Gasteiger partial charge in [0.25, 0.3) is 0 Å². The third kappa shape index (κ3) is 2.81. The maximum atomic E-state index is 10.3. The van der Waals surface area contributed by atoms with E-state index in [2.05, 4.69) is 18.7 Å². The summed E-state index contributed by atoms with van der Waals surface area (Å²) >= 11 is 0. The third-order valence-corrected chi connectivity index (χ3v) is 4.52. The van der Waals surface area contributed by atoms with Gasteiger partial charge in [0.15, 0.2) is 5.79 Å². The van der Waals surface area contributed by atoms with Gasteiger partial charge < -0.3 is 19.3 Å². The maximum Gasteiger partial charge on any atom is 0.170 e. The first-order valence-electron chi connectivity index (χ1n) is 7.43. The highest BCUT2D eigenvalue weighted by molar-refractivity contribution is 4.94. The molecule has 2 heterocycles. The van der Waals surface area contributed by atoms with Gasteiger partial charge in [-0.3, -0.25) is 4.90 Å². The van der Waals surface area contributed by atoms with Crippen molar-refractivity contribution in [3.63, 3.8) is 0 Å². The lowest BCUT2D eigenvalue weighted by Gasteiger charge is -2.47. The molecule has 1 N–H and O–H groups in total. The van der Waals surface area contributed by atoms with Crippen molar-refractivity contribution in [2.75, 3.05) is 26.3 Å². The van der Waals surface area contributed by atoms with Gasteiger partial charge in [-0.2, -0.15) is 0 Å². The number of ether oxygens (including phenoxy) is 3. The minimum Gasteiger partial charge on any atom is -0.391 e. The number of nitrogens with zero attached hydrogens (tertiary/aromatic N) is 1. The summed E-state index contributed by atoms with van der Waals surface area (Å²) in [5, 5.41) is 10.3. The van der Waals surface area contributed by atoms with Crippen LogP contribution in [0.15, 0.2) is 0 Å². The quantitative estimate of drug-likeness (QED) is 0.763. The molecular formula is C14H25NO4. The Kier molecular flexibility index (Phi) is 3.84. The van der Waals surface area contributed by atoms with Crippen LogP contribution >= 0.6 is 0 Å². The summed E-state index contributed by atoms with van der Waals surface area (Å²) < 4.78 is 17.4. The summed E-state index contributed by atoms with van der Waals surface area (Å²) in [6, 6.07) is 0.126. The number of hydrogen-bond donors (Lipinski definition) is 1. The Morgan fingerprint density at radius 3 is 2.37 bits per heavy atom. The van der Waals surface area contributed by atoms with E-state index in [0.717, 1.165) is 32.4 Å². The Morgan fingerprint density at radius 1 is 1.11 bits per heavy atom. The average Bonchev–Trinajstić information content (AvgIpc) is 2.80. The highest BCUT2D eigenvalue weighted by atomic mass is 16.7. The summed E-state index contributed by atoms with van der Waals surface area (Å²) in [6.07, 6.45) is 2.49. The van der Waals surface area contributed by atoms with E-state index in [1.54, 1.807) is 0 Å². The van der Waals surface area contributed by atoms with Crippen LogP contribution in [0.5, 0.6) is 0 Å². The molecule has 3 aliphatic rings. The number of aliphatic hydroxyl groups is 1. The molecule has 0 aromatic carbocycles. The molecule has 5 heteroatoms. The van der Waals surface area contributed by atoms with Crippen molar-refractivity contribution in [3.05, 3.63) is 0 Å². The molecule has 4 atom stereocenters. The molecule has 0 aromatic heterocycles. The molecule has 0 aromatic rings. The minimum atomic E-state index is -0.436. The van der Waals surface area contributed by atoms with Crippen LogP contribution in [0.2, 0.25) is 0 Å². The molecule has 1 spiro atoms. The van der Waals surface area contributed by atoms with Crippen molar-refractivity contribution in [2.24, 2.45) is 0 Å². The van der Waals surface area contributed by atoms with Crippen molar-refractivity contribution < 1.29 is 19.3 Å². The van der Waals surface area contributed by atoms with Gasteiger partial charge in [0, 0.05) is 32.0 Å². The molecule has 2 aliphatic heterocycles. The monoisotopic (exact) mass is 271 g/mol. The van der Waals surface area contributed by atoms with Gasteiger partial charge in [-0.05, 0) is 20.3 Å². The highest BCUT2D eigenvalue weighted by Crippen LogP contribution is 2.38. The first-order chi connectivity index (χ1) is 9.08. The standard InChI is InChI=1S/C14H25NO4/c1-10-8-15(9-11(2)19-10)12-7-14(4-3-13(12)16)17-5-6-18-14/h10-13,16H,3-9H2,1-2H3/t10-,11+,12?,13?. The fraction of sp³-hybridized carbons (Fsp3) is 1.00. The first-order valence-corrected chi connectivity index (χ1v) is 7.43. The SMILES string of the molecule is C[C@@H]1CN(C2CC3(CCC2O)OCCO3)C[C@H](C)O1. The molecule has 0 bridgehead atoms. The molecule has 19 heavy (non-hydrogen) atoms. The van der Waals surface area contributed by atoms with Crippen LogP contribution in [-0.4, -0.2) is 66.5 Å². The first kappa shape index (κ1) is 13.8. The van der Waals surface area contributed by atoms with Crippen molar-refractivity contribution in [1.29, 1.82) is 0 Å². The number of aliphatic hydroxyl groups excluding tert-OH is 1. The number of morpholine rings is 1. The normalized spacial score (nSPS) is 43.7. The van der Waals surface area contributed by atoms with E-state index in [9.17, 15) is 5.11 Å². The molecule has 2 saturated heterocycles. The average molecular weight is 271 g/mol. The Morgan fingerprint density at radius 2 is 1.74 bits per heavy atom. The van der Waals surface area contributed by atoms with Crippen LogP contribution in [0.4, 0.5) is 0 Å². The Hall–Kier alpha value is -0.200. The van der Waals surface area contributed by atoms with Crippen molar-refractivity contribution in [3.8, 4) is 0 Å². The zero-order valence-electron chi connectivity index (χ0n) is 11.9. The minimum absolute atomic E-state index is 0.126. The zero-order valence-corrected chi connectivity index (χ0v) is 11.9. The van der Waals surface area contributed by atoms with Crippen LogP contribution in [0.3, 0.4) is 0 Å². The van der Waals surface area contributed by atoms with Gasteiger partial charge in [-0.15, -0.1) is 0 Å². The van der Waals surface area contributed by atoms with E-state index in [1.807, 2.05) is 0 Å². The Labute approximate surface area is 114 Å². The molecule has 5 nitrogen and oxygen atoms in total. The molecule has 3 fully saturated rings. The largest absolute Gasteiger partial charge is 0.391 e. The van der Waals surface area contributed by atoms with Gasteiger partial charge in [0.05, 0.1) is 31.5 Å². The van der Waals surface area contributed by atoms with Gasteiger partial charge >= 0.3 is 0 Å². The van der Waals surface area contributed by atoms with Crippen molar-refractivity contribution in [1.82, 2.24) is 4.90 Å². The van der Waals surface area contributed by atoms with E-state index in [0.29, 0.717) is 13.2 Å². The molecule has 110 valence electrons. The Balaban J connectivity index is 1.70. The van der Waals surface area contributed by atoms with E-state index < -0.39 is 5.79 Å². The molecule has 1 aliphatic carbocycles. The van der Waals surface area contributed by atoms with Crippen LogP contribution < -0.4 is 0 Å². The van der Waals surface area contributed by atoms with Crippen LogP contribution in [-0.2, 0) is 14.2 Å². The van der Waals surface area contributed by atoms with Gasteiger partial charge in [0.2, 0.25) is 0 Å². The summed E-state index contributed by atoms with van der Waals surface area (Å²) in [5.41, 5.74) is 0. The second-order valence-corrected chi connectivity index (χ2v) is 6.20. The predicted molar refractivity (Wildman–Crippen MR) is 69.9 cm³/mol. The van der Waals surface area contributed by atoms with Crippen LogP contribution in [0.1, 0.15) is 33.1 Å². The zero-order chi connectivity index (χ0) is 13.5. The lowest BCUT2D eigenvalue weighted by molar-refractivity contribution is -0.212. The molecule has 3 rings (SSSR count). The summed E-state index contributed by atoms with van der Waals surface area (Å²) in [6.45, 7) is 7.30. The molecular weight excluding hydrogens is 246 g/mol. The summed E-state index contributed by atoms with van der Waals surface area (Å²) in [7, 11) is 0. The predicted octanol–water partition coefficient (Wildman–Crippen LogP) is 0.752. The van der Waals surface area contributed by atoms with Gasteiger partial charge in [-0.1, -0.05) is 0 Å². The summed E-state index contributed by atoms with van der Waals surface area (Å²) in [4.78, 5) is 2.36. The van der Waals surface area contributed by atoms with E-state index >= 15 is 0 Å². The Bertz CT molecular complexity index is 309. The van der Waals surface area contributed by atoms with Crippen molar-refractivity contribution in [2.45, 2.75) is 63.3 Å². The molecule has 1 saturated carbocycles. The fourth-order valence-corrected chi connectivity index (χ4v) is 3.74. The van der Waals surface area contributed by atoms with Gasteiger partial charge in [0.1, 0.15) is 0 Å². The smallest absolute Gasteiger partial charge is 0.170 e. The molecule has 0 amide bonds.